The molecule has 0 aliphatic heterocycles. The fourth-order valence-electron chi connectivity index (χ4n) is 2.14. The second-order valence-electron chi connectivity index (χ2n) is 4.56. The number of hydrogen-bond acceptors (Lipinski definition) is 3. The summed E-state index contributed by atoms with van der Waals surface area (Å²) in [5.41, 5.74) is 6.01. The lowest BCUT2D eigenvalue weighted by molar-refractivity contribution is 0.678. The van der Waals surface area contributed by atoms with Gasteiger partial charge in [-0.05, 0) is 29.9 Å². The summed E-state index contributed by atoms with van der Waals surface area (Å²) in [5, 5.41) is 5.57. The van der Waals surface area contributed by atoms with E-state index in [1.54, 1.807) is 16.9 Å². The van der Waals surface area contributed by atoms with Crippen LogP contribution in [0.15, 0.2) is 35.2 Å². The summed E-state index contributed by atoms with van der Waals surface area (Å²) in [6, 6.07) is 8.79. The van der Waals surface area contributed by atoms with Crippen molar-refractivity contribution in [2.24, 2.45) is 0 Å². The molecule has 0 spiro atoms. The SMILES string of the molecule is c1ccc(C2CC2)c(CNCc2cscn2)c1. The van der Waals surface area contributed by atoms with E-state index in [1.165, 1.54) is 18.4 Å². The zero-order valence-corrected chi connectivity index (χ0v) is 10.5. The highest BCUT2D eigenvalue weighted by Gasteiger charge is 2.25. The van der Waals surface area contributed by atoms with Crippen LogP contribution in [0.3, 0.4) is 0 Å². The Morgan fingerprint density at radius 3 is 2.88 bits per heavy atom. The van der Waals surface area contributed by atoms with Crippen LogP contribution in [-0.4, -0.2) is 4.98 Å². The molecule has 1 aliphatic carbocycles. The molecule has 1 heterocycles. The molecule has 1 aromatic heterocycles. The Kier molecular flexibility index (Phi) is 3.20. The molecular weight excluding hydrogens is 228 g/mol. The number of nitrogens with one attached hydrogen (secondary N) is 1. The lowest BCUT2D eigenvalue weighted by atomic mass is 10.0. The van der Waals surface area contributed by atoms with Gasteiger partial charge in [-0.2, -0.15) is 0 Å². The molecule has 88 valence electrons. The van der Waals surface area contributed by atoms with Gasteiger partial charge in [-0.3, -0.25) is 0 Å². The van der Waals surface area contributed by atoms with Crippen LogP contribution in [0.4, 0.5) is 0 Å². The van der Waals surface area contributed by atoms with Crippen molar-refractivity contribution < 1.29 is 0 Å². The molecule has 1 aromatic carbocycles. The highest BCUT2D eigenvalue weighted by molar-refractivity contribution is 7.07. The van der Waals surface area contributed by atoms with Gasteiger partial charge in [0.25, 0.3) is 0 Å². The monoisotopic (exact) mass is 244 g/mol. The number of hydrogen-bond donors (Lipinski definition) is 1. The van der Waals surface area contributed by atoms with Crippen molar-refractivity contribution in [3.63, 3.8) is 0 Å². The molecule has 3 rings (SSSR count). The van der Waals surface area contributed by atoms with E-state index in [0.717, 1.165) is 24.7 Å². The second-order valence-corrected chi connectivity index (χ2v) is 5.28. The molecule has 0 saturated heterocycles. The molecule has 3 heteroatoms. The molecule has 1 fully saturated rings. The lowest BCUT2D eigenvalue weighted by Crippen LogP contribution is -2.14. The molecule has 0 radical (unpaired) electrons. The van der Waals surface area contributed by atoms with Crippen LogP contribution in [0, 0.1) is 0 Å². The van der Waals surface area contributed by atoms with Crippen molar-refractivity contribution in [3.05, 3.63) is 52.0 Å². The van der Waals surface area contributed by atoms with Crippen molar-refractivity contribution in [3.8, 4) is 0 Å². The summed E-state index contributed by atoms with van der Waals surface area (Å²) >= 11 is 1.65. The molecule has 0 unspecified atom stereocenters. The first-order chi connectivity index (χ1) is 8.43. The van der Waals surface area contributed by atoms with Crippen LogP contribution in [0.2, 0.25) is 0 Å². The predicted molar refractivity (Wildman–Crippen MR) is 71.1 cm³/mol. The third-order valence-corrected chi connectivity index (χ3v) is 3.81. The smallest absolute Gasteiger partial charge is 0.0795 e. The first-order valence-corrected chi connectivity index (χ1v) is 7.03. The van der Waals surface area contributed by atoms with Gasteiger partial charge in [0.05, 0.1) is 11.2 Å². The predicted octanol–water partition coefficient (Wildman–Crippen LogP) is 3.31. The van der Waals surface area contributed by atoms with Gasteiger partial charge in [-0.25, -0.2) is 4.98 Å². The first kappa shape index (κ1) is 10.9. The van der Waals surface area contributed by atoms with Gasteiger partial charge in [-0.15, -0.1) is 11.3 Å². The van der Waals surface area contributed by atoms with E-state index < -0.39 is 0 Å². The van der Waals surface area contributed by atoms with E-state index in [2.05, 4.69) is 39.9 Å². The standard InChI is InChI=1S/C14H16N2S/c1-2-4-14(11-5-6-11)12(3-1)7-15-8-13-9-17-10-16-13/h1-4,9-11,15H,5-8H2. The maximum Gasteiger partial charge on any atom is 0.0795 e. The summed E-state index contributed by atoms with van der Waals surface area (Å²) in [4.78, 5) is 4.27. The number of benzene rings is 1. The number of aromatic nitrogens is 1. The van der Waals surface area contributed by atoms with Crippen LogP contribution in [-0.2, 0) is 13.1 Å². The van der Waals surface area contributed by atoms with Crippen molar-refractivity contribution in [2.45, 2.75) is 31.8 Å². The molecule has 0 atom stereocenters. The van der Waals surface area contributed by atoms with Crippen molar-refractivity contribution in [1.29, 1.82) is 0 Å². The fourth-order valence-corrected chi connectivity index (χ4v) is 2.70. The topological polar surface area (TPSA) is 24.9 Å². The van der Waals surface area contributed by atoms with Crippen LogP contribution >= 0.6 is 11.3 Å². The molecular formula is C14H16N2S. The van der Waals surface area contributed by atoms with Crippen LogP contribution in [0.5, 0.6) is 0 Å². The highest BCUT2D eigenvalue weighted by atomic mass is 32.1. The Hall–Kier alpha value is -1.19. The Bertz CT molecular complexity index is 475. The van der Waals surface area contributed by atoms with E-state index in [1.807, 2.05) is 5.51 Å². The number of rotatable bonds is 5. The lowest BCUT2D eigenvalue weighted by Gasteiger charge is -2.09. The number of thiazole rings is 1. The summed E-state index contributed by atoms with van der Waals surface area (Å²) in [7, 11) is 0. The fraction of sp³-hybridized carbons (Fsp3) is 0.357. The molecule has 2 aromatic rings. The summed E-state index contributed by atoms with van der Waals surface area (Å²) in [6.07, 6.45) is 2.73. The Morgan fingerprint density at radius 2 is 2.12 bits per heavy atom. The van der Waals surface area contributed by atoms with E-state index in [9.17, 15) is 0 Å². The summed E-state index contributed by atoms with van der Waals surface area (Å²) in [6.45, 7) is 1.81. The summed E-state index contributed by atoms with van der Waals surface area (Å²) < 4.78 is 0. The van der Waals surface area contributed by atoms with Gasteiger partial charge in [0.2, 0.25) is 0 Å². The molecule has 1 saturated carbocycles. The van der Waals surface area contributed by atoms with Gasteiger partial charge in [-0.1, -0.05) is 24.3 Å². The second kappa shape index (κ2) is 4.98. The van der Waals surface area contributed by atoms with Crippen LogP contribution < -0.4 is 5.32 Å². The Labute approximate surface area is 106 Å². The minimum Gasteiger partial charge on any atom is -0.307 e. The zero-order valence-electron chi connectivity index (χ0n) is 9.73. The minimum absolute atomic E-state index is 0.826. The number of nitrogens with zero attached hydrogens (tertiary/aromatic N) is 1. The van der Waals surface area contributed by atoms with Crippen LogP contribution in [0.25, 0.3) is 0 Å². The molecule has 0 amide bonds. The van der Waals surface area contributed by atoms with E-state index in [-0.39, 0.29) is 0 Å². The van der Waals surface area contributed by atoms with E-state index >= 15 is 0 Å². The quantitative estimate of drug-likeness (QED) is 0.873. The van der Waals surface area contributed by atoms with E-state index in [4.69, 9.17) is 0 Å². The van der Waals surface area contributed by atoms with Crippen molar-refractivity contribution in [1.82, 2.24) is 10.3 Å². The van der Waals surface area contributed by atoms with Crippen molar-refractivity contribution in [2.75, 3.05) is 0 Å². The average Bonchev–Trinajstić information content (AvgIpc) is 3.08. The maximum atomic E-state index is 4.27. The van der Waals surface area contributed by atoms with Gasteiger partial charge in [0.1, 0.15) is 0 Å². The zero-order chi connectivity index (χ0) is 11.5. The average molecular weight is 244 g/mol. The van der Waals surface area contributed by atoms with Crippen molar-refractivity contribution >= 4 is 11.3 Å². The third-order valence-electron chi connectivity index (χ3n) is 3.18. The third kappa shape index (κ3) is 2.73. The van der Waals surface area contributed by atoms with E-state index in [0.29, 0.717) is 0 Å². The molecule has 0 bridgehead atoms. The van der Waals surface area contributed by atoms with Gasteiger partial charge >= 0.3 is 0 Å². The Morgan fingerprint density at radius 1 is 1.24 bits per heavy atom. The van der Waals surface area contributed by atoms with Crippen LogP contribution in [0.1, 0.15) is 35.6 Å². The van der Waals surface area contributed by atoms with Gasteiger partial charge in [0, 0.05) is 18.5 Å². The molecule has 2 nitrogen and oxygen atoms in total. The minimum atomic E-state index is 0.826. The summed E-state index contributed by atoms with van der Waals surface area (Å²) in [5.74, 6) is 0.826. The molecule has 1 aliphatic rings. The highest BCUT2D eigenvalue weighted by Crippen LogP contribution is 2.41. The first-order valence-electron chi connectivity index (χ1n) is 6.09. The Balaban J connectivity index is 1.61. The molecule has 1 N–H and O–H groups in total. The van der Waals surface area contributed by atoms with Gasteiger partial charge < -0.3 is 5.32 Å². The normalized spacial score (nSPS) is 15.1. The maximum absolute atomic E-state index is 4.27. The molecule has 17 heavy (non-hydrogen) atoms. The largest absolute Gasteiger partial charge is 0.307 e. The van der Waals surface area contributed by atoms with Gasteiger partial charge in [0.15, 0.2) is 0 Å².